The molecule has 3 rings (SSSR count). The Morgan fingerprint density at radius 2 is 1.69 bits per heavy atom. The van der Waals surface area contributed by atoms with E-state index < -0.39 is 15.6 Å². The molecule has 0 fully saturated rings. The molecule has 1 aliphatic heterocycles. The van der Waals surface area contributed by atoms with Gasteiger partial charge in [-0.3, -0.25) is 0 Å². The Labute approximate surface area is 153 Å². The Kier molecular flexibility index (Phi) is 4.57. The van der Waals surface area contributed by atoms with Crippen molar-refractivity contribution in [1.29, 1.82) is 0 Å². The largest absolute Gasteiger partial charge is 0.493 e. The number of sulfonamides is 1. The molecule has 1 aliphatic rings. The first-order chi connectivity index (χ1) is 12.4. The first kappa shape index (κ1) is 18.1. The van der Waals surface area contributed by atoms with Gasteiger partial charge in [0, 0.05) is 6.42 Å². The highest BCUT2D eigenvalue weighted by molar-refractivity contribution is 7.89. The van der Waals surface area contributed by atoms with Crippen molar-refractivity contribution in [2.24, 2.45) is 0 Å². The summed E-state index contributed by atoms with van der Waals surface area (Å²) >= 11 is 0. The minimum Gasteiger partial charge on any atom is -0.493 e. The van der Waals surface area contributed by atoms with Crippen molar-refractivity contribution < 1.29 is 22.6 Å². The highest BCUT2D eigenvalue weighted by Gasteiger charge is 2.47. The zero-order chi connectivity index (χ0) is 18.9. The van der Waals surface area contributed by atoms with Crippen molar-refractivity contribution in [3.63, 3.8) is 0 Å². The average molecular weight is 373 g/mol. The molecule has 2 aromatic carbocycles. The minimum absolute atomic E-state index is 0.127. The summed E-state index contributed by atoms with van der Waals surface area (Å²) in [6.07, 6.45) is 5.73. The second-order valence-electron chi connectivity index (χ2n) is 5.80. The van der Waals surface area contributed by atoms with Gasteiger partial charge < -0.3 is 14.2 Å². The lowest BCUT2D eigenvalue weighted by atomic mass is 9.81. The second-order valence-corrected chi connectivity index (χ2v) is 7.45. The zero-order valence-corrected chi connectivity index (χ0v) is 15.5. The fourth-order valence-electron chi connectivity index (χ4n) is 3.32. The van der Waals surface area contributed by atoms with Gasteiger partial charge in [0.05, 0.1) is 31.8 Å². The fourth-order valence-corrected chi connectivity index (χ4v) is 4.98. The summed E-state index contributed by atoms with van der Waals surface area (Å²) in [6.45, 7) is 0. The SMILES string of the molecule is C#CCC1(c2cc(OC)c(OC)c(OC)c2)NS(=O)(=O)c2ccccc21. The van der Waals surface area contributed by atoms with Gasteiger partial charge in [-0.1, -0.05) is 18.2 Å². The molecule has 0 saturated carbocycles. The third-order valence-electron chi connectivity index (χ3n) is 4.47. The summed E-state index contributed by atoms with van der Waals surface area (Å²) in [5.41, 5.74) is 0.0856. The summed E-state index contributed by atoms with van der Waals surface area (Å²) in [7, 11) is 0.811. The maximum atomic E-state index is 12.7. The molecule has 1 atom stereocenters. The van der Waals surface area contributed by atoms with Crippen molar-refractivity contribution >= 4 is 10.0 Å². The number of methoxy groups -OCH3 is 3. The Morgan fingerprint density at radius 3 is 2.23 bits per heavy atom. The molecule has 7 heteroatoms. The Morgan fingerprint density at radius 1 is 1.08 bits per heavy atom. The topological polar surface area (TPSA) is 73.9 Å². The van der Waals surface area contributed by atoms with E-state index in [-0.39, 0.29) is 11.3 Å². The molecule has 0 radical (unpaired) electrons. The maximum absolute atomic E-state index is 12.7. The summed E-state index contributed by atoms with van der Waals surface area (Å²) in [6, 6.07) is 10.2. The lowest BCUT2D eigenvalue weighted by Gasteiger charge is -2.29. The minimum atomic E-state index is -3.70. The first-order valence-electron chi connectivity index (χ1n) is 7.81. The molecule has 0 amide bonds. The van der Waals surface area contributed by atoms with Crippen LogP contribution in [0.25, 0.3) is 0 Å². The van der Waals surface area contributed by atoms with Crippen LogP contribution in [0.1, 0.15) is 17.5 Å². The summed E-state index contributed by atoms with van der Waals surface area (Å²) in [4.78, 5) is 0.212. The quantitative estimate of drug-likeness (QED) is 0.814. The number of terminal acetylenes is 1. The van der Waals surface area contributed by atoms with Crippen LogP contribution in [0.15, 0.2) is 41.3 Å². The number of nitrogens with one attached hydrogen (secondary N) is 1. The molecule has 6 nitrogen and oxygen atoms in total. The zero-order valence-electron chi connectivity index (χ0n) is 14.7. The summed E-state index contributed by atoms with van der Waals surface area (Å²) in [5.74, 6) is 3.85. The van der Waals surface area contributed by atoms with Crippen molar-refractivity contribution in [1.82, 2.24) is 4.72 Å². The van der Waals surface area contributed by atoms with Gasteiger partial charge in [0.1, 0.15) is 0 Å². The van der Waals surface area contributed by atoms with Crippen LogP contribution < -0.4 is 18.9 Å². The molecule has 0 spiro atoms. The molecule has 136 valence electrons. The molecule has 1 unspecified atom stereocenters. The van der Waals surface area contributed by atoms with Gasteiger partial charge in [0.15, 0.2) is 11.5 Å². The van der Waals surface area contributed by atoms with Crippen LogP contribution in [0.2, 0.25) is 0 Å². The first-order valence-corrected chi connectivity index (χ1v) is 9.29. The van der Waals surface area contributed by atoms with Crippen LogP contribution in [0.3, 0.4) is 0 Å². The molecular weight excluding hydrogens is 354 g/mol. The van der Waals surface area contributed by atoms with Crippen LogP contribution in [0.4, 0.5) is 0 Å². The number of fused-ring (bicyclic) bond motifs is 1. The van der Waals surface area contributed by atoms with Gasteiger partial charge in [-0.05, 0) is 29.3 Å². The van der Waals surface area contributed by atoms with E-state index in [1.165, 1.54) is 21.3 Å². The average Bonchev–Trinajstić information content (AvgIpc) is 2.89. The van der Waals surface area contributed by atoms with Crippen molar-refractivity contribution in [3.05, 3.63) is 47.5 Å². The predicted octanol–water partition coefficient (Wildman–Crippen LogP) is 2.27. The van der Waals surface area contributed by atoms with Gasteiger partial charge in [-0.2, -0.15) is 4.72 Å². The van der Waals surface area contributed by atoms with E-state index in [1.807, 2.05) is 0 Å². The van der Waals surface area contributed by atoms with E-state index in [4.69, 9.17) is 20.6 Å². The monoisotopic (exact) mass is 373 g/mol. The molecule has 0 saturated heterocycles. The van der Waals surface area contributed by atoms with E-state index in [0.29, 0.717) is 28.4 Å². The Bertz CT molecular complexity index is 968. The smallest absolute Gasteiger partial charge is 0.242 e. The van der Waals surface area contributed by atoms with Crippen molar-refractivity contribution in [2.75, 3.05) is 21.3 Å². The third kappa shape index (κ3) is 2.59. The highest BCUT2D eigenvalue weighted by atomic mass is 32.2. The van der Waals surface area contributed by atoms with Crippen LogP contribution in [-0.4, -0.2) is 29.7 Å². The number of hydrogen-bond acceptors (Lipinski definition) is 5. The number of hydrogen-bond donors (Lipinski definition) is 1. The molecular formula is C19H19NO5S. The van der Waals surface area contributed by atoms with Gasteiger partial charge >= 0.3 is 0 Å². The Hall–Kier alpha value is -2.69. The molecule has 0 aliphatic carbocycles. The molecule has 0 bridgehead atoms. The van der Waals surface area contributed by atoms with Crippen LogP contribution in [0, 0.1) is 12.3 Å². The van der Waals surface area contributed by atoms with Crippen LogP contribution >= 0.6 is 0 Å². The fraction of sp³-hybridized carbons (Fsp3) is 0.263. The molecule has 26 heavy (non-hydrogen) atoms. The maximum Gasteiger partial charge on any atom is 0.242 e. The van der Waals surface area contributed by atoms with E-state index in [1.54, 1.807) is 36.4 Å². The predicted molar refractivity (Wildman–Crippen MR) is 97.1 cm³/mol. The van der Waals surface area contributed by atoms with E-state index in [0.717, 1.165) is 0 Å². The van der Waals surface area contributed by atoms with Crippen molar-refractivity contribution in [2.45, 2.75) is 16.9 Å². The number of rotatable bonds is 5. The lowest BCUT2D eigenvalue weighted by molar-refractivity contribution is 0.322. The second kappa shape index (κ2) is 6.56. The van der Waals surface area contributed by atoms with E-state index in [2.05, 4.69) is 10.6 Å². The summed E-state index contributed by atoms with van der Waals surface area (Å²) in [5, 5.41) is 0. The van der Waals surface area contributed by atoms with E-state index in [9.17, 15) is 8.42 Å². The van der Waals surface area contributed by atoms with Gasteiger partial charge in [0.2, 0.25) is 15.8 Å². The van der Waals surface area contributed by atoms with Crippen LogP contribution in [-0.2, 0) is 15.6 Å². The third-order valence-corrected chi connectivity index (χ3v) is 6.02. The lowest BCUT2D eigenvalue weighted by Crippen LogP contribution is -2.40. The number of ether oxygens (including phenoxy) is 3. The van der Waals surface area contributed by atoms with Gasteiger partial charge in [-0.25, -0.2) is 8.42 Å². The van der Waals surface area contributed by atoms with Crippen molar-refractivity contribution in [3.8, 4) is 29.6 Å². The van der Waals surface area contributed by atoms with Gasteiger partial charge in [-0.15, -0.1) is 12.3 Å². The standard InChI is InChI=1S/C19H19NO5S/c1-5-10-19(14-8-6-7-9-17(14)26(21,22)20-19)13-11-15(23-2)18(25-4)16(12-13)24-3/h1,6-9,11-12,20H,10H2,2-4H3. The normalized spacial score (nSPS) is 20.1. The highest BCUT2D eigenvalue weighted by Crippen LogP contribution is 2.47. The van der Waals surface area contributed by atoms with Crippen LogP contribution in [0.5, 0.6) is 17.2 Å². The van der Waals surface area contributed by atoms with Gasteiger partial charge in [0.25, 0.3) is 0 Å². The van der Waals surface area contributed by atoms with E-state index >= 15 is 0 Å². The molecule has 1 N–H and O–H groups in total. The molecule has 1 heterocycles. The number of benzene rings is 2. The Balaban J connectivity index is 2.34. The molecule has 2 aromatic rings. The molecule has 0 aromatic heterocycles. The summed E-state index contributed by atoms with van der Waals surface area (Å²) < 4.78 is 44.3.